The predicted octanol–water partition coefficient (Wildman–Crippen LogP) is -2.64. The Kier molecular flexibility index (Phi) is 17.0. The average Bonchev–Trinajstić information content (AvgIpc) is 2.70. The fourth-order valence-electron chi connectivity index (χ4n) is 2.68. The van der Waals surface area contributed by atoms with Gasteiger partial charge in [0.1, 0.15) is 23.5 Å². The van der Waals surface area contributed by atoms with Crippen molar-refractivity contribution >= 4 is 105 Å². The van der Waals surface area contributed by atoms with Crippen LogP contribution in [-0.4, -0.2) is 90.5 Å². The molecule has 0 spiro atoms. The maximum atomic E-state index is 11.2. The van der Waals surface area contributed by atoms with E-state index >= 15 is 0 Å². The molecule has 0 unspecified atom stereocenters. The first-order valence-electron chi connectivity index (χ1n) is 8.87. The molecule has 0 saturated carbocycles. The number of phosphoric acid groups is 3. The number of methoxy groups -OCH3 is 3. The average molecular weight is 625 g/mol. The molecule has 0 aliphatic rings. The topological polar surface area (TPSA) is 245 Å². The summed E-state index contributed by atoms with van der Waals surface area (Å²) >= 11 is 0. The molecule has 0 fully saturated rings. The molecule has 0 heterocycles. The maximum Gasteiger partial charge on any atom is 2.00 e. The molecule has 0 amide bonds. The van der Waals surface area contributed by atoms with Crippen LogP contribution in [0.3, 0.4) is 0 Å². The molecule has 2 rings (SSSR count). The molecule has 0 aliphatic carbocycles. The van der Waals surface area contributed by atoms with Gasteiger partial charge in [-0.05, 0) is 29.8 Å². The van der Waals surface area contributed by atoms with E-state index in [1.54, 1.807) is 0 Å². The molecule has 0 saturated heterocycles. The second kappa shape index (κ2) is 16.2. The summed E-state index contributed by atoms with van der Waals surface area (Å²) in [4.78, 5) is 66.9. The smallest absolute Gasteiger partial charge is 0.780 e. The summed E-state index contributed by atoms with van der Waals surface area (Å²) < 4.78 is 61.3. The van der Waals surface area contributed by atoms with Gasteiger partial charge in [-0.15, -0.1) is 0 Å². The normalized spacial score (nSPS) is 11.4. The summed E-state index contributed by atoms with van der Waals surface area (Å²) in [6.45, 7) is 0. The Bertz CT molecular complexity index is 1250. The molecular weight excluding hydrogens is 610 g/mol. The summed E-state index contributed by atoms with van der Waals surface area (Å²) in [6.07, 6.45) is 2.24. The molecule has 0 atom stereocenters. The zero-order valence-electron chi connectivity index (χ0n) is 20.1. The Morgan fingerprint density at radius 1 is 0.579 bits per heavy atom. The standard InChI is InChI=1S/C17H21O15P3.3Mg/c1-27-12-7-6-11(15(31-34(21,22)23)17(12)32-35(24,25)26)5-4-10-8-13(28-2)16(29-3)14(9-10)30-33(18,19)20;;;/h4-9H,1-3H3,(H2,18,19,20)(H2,21,22,23)(H2,24,25,26);;;/q;3*+2/p-6/b5-4-;;;. The first-order chi connectivity index (χ1) is 16.1. The van der Waals surface area contributed by atoms with Crippen molar-refractivity contribution in [2.45, 2.75) is 0 Å². The fraction of sp³-hybridized carbons (Fsp3) is 0.176. The van der Waals surface area contributed by atoms with E-state index in [9.17, 15) is 43.1 Å². The van der Waals surface area contributed by atoms with Crippen molar-refractivity contribution in [2.75, 3.05) is 21.3 Å². The van der Waals surface area contributed by atoms with E-state index in [0.29, 0.717) is 0 Å². The van der Waals surface area contributed by atoms with Gasteiger partial charge in [0.25, 0.3) is 0 Å². The summed E-state index contributed by atoms with van der Waals surface area (Å²) in [7, 11) is -13.7. The monoisotopic (exact) mass is 624 g/mol. The van der Waals surface area contributed by atoms with Gasteiger partial charge in [-0.1, -0.05) is 12.2 Å². The number of phosphoric ester groups is 3. The van der Waals surface area contributed by atoms with E-state index < -0.39 is 46.5 Å². The van der Waals surface area contributed by atoms with Crippen LogP contribution >= 0.6 is 23.5 Å². The number of benzene rings is 2. The van der Waals surface area contributed by atoms with Gasteiger partial charge in [-0.3, -0.25) is 0 Å². The SMILES string of the molecule is COc1cc(/C=C\c2ccc(OC)c(OP(=O)([O-])[O-])c2OP(=O)([O-])[O-])cc(OP(=O)([O-])[O-])c1OC.[Mg+2].[Mg+2].[Mg+2]. The molecule has 2 aromatic rings. The summed E-state index contributed by atoms with van der Waals surface area (Å²) in [5.41, 5.74) is -0.210. The van der Waals surface area contributed by atoms with Crippen LogP contribution in [0.5, 0.6) is 34.5 Å². The Balaban J connectivity index is 0. The van der Waals surface area contributed by atoms with E-state index in [2.05, 4.69) is 13.6 Å². The third kappa shape index (κ3) is 12.5. The summed E-state index contributed by atoms with van der Waals surface area (Å²) in [6, 6.07) is 4.53. The summed E-state index contributed by atoms with van der Waals surface area (Å²) in [5, 5.41) is 0. The number of hydrogen-bond donors (Lipinski definition) is 0. The van der Waals surface area contributed by atoms with Gasteiger partial charge in [-0.2, -0.15) is 0 Å². The van der Waals surface area contributed by atoms with Gasteiger partial charge < -0.3 is 70.8 Å². The predicted molar refractivity (Wildman–Crippen MR) is 123 cm³/mol. The second-order valence-electron chi connectivity index (χ2n) is 6.22. The molecule has 0 bridgehead atoms. The van der Waals surface area contributed by atoms with Gasteiger partial charge >= 0.3 is 69.2 Å². The number of rotatable bonds is 11. The minimum absolute atomic E-state index is 0. The Labute approximate surface area is 265 Å². The van der Waals surface area contributed by atoms with Crippen molar-refractivity contribution in [1.82, 2.24) is 0 Å². The van der Waals surface area contributed by atoms with Crippen molar-refractivity contribution in [3.05, 3.63) is 35.4 Å². The van der Waals surface area contributed by atoms with Crippen LogP contribution in [0.4, 0.5) is 0 Å². The van der Waals surface area contributed by atoms with Crippen LogP contribution < -0.4 is 57.1 Å². The molecule has 15 nitrogen and oxygen atoms in total. The van der Waals surface area contributed by atoms with Crippen LogP contribution in [0.2, 0.25) is 0 Å². The Hall–Kier alpha value is -0.271. The van der Waals surface area contributed by atoms with Gasteiger partial charge in [-0.25, -0.2) is 0 Å². The first kappa shape index (κ1) is 39.9. The molecule has 194 valence electrons. The quantitative estimate of drug-likeness (QED) is 0.141. The van der Waals surface area contributed by atoms with Crippen molar-refractivity contribution in [3.8, 4) is 34.5 Å². The molecule has 2 aromatic carbocycles. The van der Waals surface area contributed by atoms with E-state index in [1.807, 2.05) is 0 Å². The van der Waals surface area contributed by atoms with Crippen LogP contribution in [0, 0.1) is 0 Å². The van der Waals surface area contributed by atoms with Crippen LogP contribution in [0.15, 0.2) is 24.3 Å². The largest absolute Gasteiger partial charge is 2.00 e. The van der Waals surface area contributed by atoms with Crippen LogP contribution in [0.25, 0.3) is 12.2 Å². The zero-order valence-corrected chi connectivity index (χ0v) is 27.0. The molecule has 38 heavy (non-hydrogen) atoms. The van der Waals surface area contributed by atoms with Gasteiger partial charge in [0.15, 0.2) is 23.0 Å². The van der Waals surface area contributed by atoms with Crippen molar-refractivity contribution in [1.29, 1.82) is 0 Å². The summed E-state index contributed by atoms with van der Waals surface area (Å²) in [5.74, 6) is -3.30. The van der Waals surface area contributed by atoms with Crippen molar-refractivity contribution < 1.29 is 70.8 Å². The van der Waals surface area contributed by atoms with Crippen LogP contribution in [0.1, 0.15) is 11.1 Å². The van der Waals surface area contributed by atoms with E-state index in [0.717, 1.165) is 38.5 Å². The molecule has 0 N–H and O–H groups in total. The molecule has 0 radical (unpaired) electrons. The van der Waals surface area contributed by atoms with Gasteiger partial charge in [0.05, 0.1) is 21.3 Å². The minimum atomic E-state index is -5.81. The molecule has 0 aliphatic heterocycles. The number of ether oxygens (including phenoxy) is 3. The fourth-order valence-corrected chi connectivity index (χ4v) is 3.86. The first-order valence-corrected chi connectivity index (χ1v) is 13.2. The third-order valence-corrected chi connectivity index (χ3v) is 5.10. The van der Waals surface area contributed by atoms with Crippen molar-refractivity contribution in [3.63, 3.8) is 0 Å². The Morgan fingerprint density at radius 3 is 1.50 bits per heavy atom. The Morgan fingerprint density at radius 2 is 1.05 bits per heavy atom. The third-order valence-electron chi connectivity index (χ3n) is 3.87. The van der Waals surface area contributed by atoms with Crippen LogP contribution in [-0.2, 0) is 13.7 Å². The second-order valence-corrected chi connectivity index (χ2v) is 9.45. The van der Waals surface area contributed by atoms with E-state index in [-0.39, 0.29) is 91.8 Å². The zero-order chi connectivity index (χ0) is 26.6. The van der Waals surface area contributed by atoms with E-state index in [4.69, 9.17) is 14.2 Å². The molecule has 0 aromatic heterocycles. The van der Waals surface area contributed by atoms with Gasteiger partial charge in [0, 0.05) is 5.56 Å². The number of hydrogen-bond acceptors (Lipinski definition) is 15. The van der Waals surface area contributed by atoms with Crippen molar-refractivity contribution in [2.24, 2.45) is 0 Å². The van der Waals surface area contributed by atoms with Gasteiger partial charge in [0.2, 0.25) is 11.5 Å². The molecular formula is C17H15Mg3O15P3. The minimum Gasteiger partial charge on any atom is -0.780 e. The molecule has 21 heteroatoms. The maximum absolute atomic E-state index is 11.2. The van der Waals surface area contributed by atoms with E-state index in [1.165, 1.54) is 19.3 Å².